The normalized spacial score (nSPS) is 11.0. The van der Waals surface area contributed by atoms with E-state index < -0.39 is 0 Å². The average Bonchev–Trinajstić information content (AvgIpc) is 3.03. The van der Waals surface area contributed by atoms with Gasteiger partial charge in [0, 0.05) is 23.4 Å². The lowest BCUT2D eigenvalue weighted by Gasteiger charge is -2.07. The fourth-order valence-electron chi connectivity index (χ4n) is 2.84. The number of fused-ring (bicyclic) bond motifs is 2. The van der Waals surface area contributed by atoms with Crippen molar-refractivity contribution in [1.82, 2.24) is 15.0 Å². The lowest BCUT2D eigenvalue weighted by Crippen LogP contribution is -2.07. The Kier molecular flexibility index (Phi) is 4.15. The molecule has 4 aromatic rings. The van der Waals surface area contributed by atoms with E-state index in [9.17, 15) is 9.65 Å². The molecular weight excluding hydrogens is 353 g/mol. The van der Waals surface area contributed by atoms with E-state index in [4.69, 9.17) is 11.6 Å². The number of aromatic nitrogens is 3. The molecule has 4 rings (SSSR count). The molecule has 0 spiro atoms. The highest BCUT2D eigenvalue weighted by Crippen LogP contribution is 2.23. The van der Waals surface area contributed by atoms with Crippen LogP contribution in [-0.2, 0) is 6.42 Å². The number of rotatable bonds is 4. The van der Waals surface area contributed by atoms with E-state index in [0.717, 1.165) is 16.7 Å². The highest BCUT2D eigenvalue weighted by Gasteiger charge is 2.07. The first-order valence-electron chi connectivity index (χ1n) is 8.01. The number of nitriles is 1. The molecule has 2 heterocycles. The summed E-state index contributed by atoms with van der Waals surface area (Å²) >= 11 is 6.00. The smallest absolute Gasteiger partial charge is 0.127 e. The Morgan fingerprint density at radius 2 is 1.96 bits per heavy atom. The van der Waals surface area contributed by atoms with Gasteiger partial charge in [-0.05, 0) is 42.5 Å². The van der Waals surface area contributed by atoms with Gasteiger partial charge in [0.25, 0.3) is 0 Å². The van der Waals surface area contributed by atoms with Crippen LogP contribution in [0.1, 0.15) is 11.4 Å². The summed E-state index contributed by atoms with van der Waals surface area (Å²) in [6, 6.07) is 13.6. The molecule has 0 bridgehead atoms. The number of nitrogens with one attached hydrogen (secondary N) is 2. The predicted octanol–water partition coefficient (Wildman–Crippen LogP) is 4.43. The van der Waals surface area contributed by atoms with Crippen LogP contribution in [-0.4, -0.2) is 21.5 Å². The minimum Gasteiger partial charge on any atom is -0.370 e. The molecule has 2 N–H and O–H groups in total. The molecule has 2 aromatic heterocycles. The van der Waals surface area contributed by atoms with Crippen molar-refractivity contribution in [3.05, 3.63) is 64.7 Å². The molecule has 5 nitrogen and oxygen atoms in total. The van der Waals surface area contributed by atoms with Crippen LogP contribution in [0.25, 0.3) is 21.9 Å². The molecule has 0 atom stereocenters. The molecule has 128 valence electrons. The van der Waals surface area contributed by atoms with Gasteiger partial charge in [-0.15, -0.1) is 0 Å². The first-order chi connectivity index (χ1) is 12.6. The zero-order chi connectivity index (χ0) is 18.1. The zero-order valence-electron chi connectivity index (χ0n) is 13.6. The van der Waals surface area contributed by atoms with E-state index in [1.54, 1.807) is 30.3 Å². The Balaban J connectivity index is 1.52. The van der Waals surface area contributed by atoms with Gasteiger partial charge in [0.1, 0.15) is 17.5 Å². The van der Waals surface area contributed by atoms with E-state index >= 15 is 0 Å². The largest absolute Gasteiger partial charge is 0.370 e. The van der Waals surface area contributed by atoms with Crippen molar-refractivity contribution < 1.29 is 4.39 Å². The SMILES string of the molecule is N#Cc1cc(NCCc2nc3ccc(F)cc3[nH]2)nc2ccc(Cl)cc12. The highest BCUT2D eigenvalue weighted by atomic mass is 35.5. The lowest BCUT2D eigenvalue weighted by molar-refractivity contribution is 0.629. The highest BCUT2D eigenvalue weighted by molar-refractivity contribution is 6.31. The van der Waals surface area contributed by atoms with Gasteiger partial charge in [0.05, 0.1) is 28.2 Å². The molecule has 0 aliphatic carbocycles. The van der Waals surface area contributed by atoms with Crippen molar-refractivity contribution in [3.8, 4) is 6.07 Å². The van der Waals surface area contributed by atoms with Crippen LogP contribution in [0.2, 0.25) is 5.02 Å². The molecule has 0 amide bonds. The van der Waals surface area contributed by atoms with Crippen molar-refractivity contribution in [2.75, 3.05) is 11.9 Å². The van der Waals surface area contributed by atoms with E-state index in [2.05, 4.69) is 26.3 Å². The van der Waals surface area contributed by atoms with Crippen LogP contribution in [0, 0.1) is 17.1 Å². The standard InChI is InChI=1S/C19H13ClFN5/c20-12-1-3-15-14(8-12)11(10-22)7-19(24-15)23-6-5-18-25-16-4-2-13(21)9-17(16)26-18/h1-4,7-9H,5-6H2,(H,23,24)(H,25,26). The van der Waals surface area contributed by atoms with Gasteiger partial charge in [0.15, 0.2) is 0 Å². The van der Waals surface area contributed by atoms with E-state index in [0.29, 0.717) is 40.4 Å². The number of H-pyrrole nitrogens is 1. The number of hydrogen-bond acceptors (Lipinski definition) is 4. The second kappa shape index (κ2) is 6.62. The molecule has 0 saturated carbocycles. The Morgan fingerprint density at radius 1 is 1.12 bits per heavy atom. The van der Waals surface area contributed by atoms with Crippen molar-refractivity contribution in [3.63, 3.8) is 0 Å². The maximum atomic E-state index is 13.2. The summed E-state index contributed by atoms with van der Waals surface area (Å²) in [6.45, 7) is 0.569. The molecule has 26 heavy (non-hydrogen) atoms. The second-order valence-electron chi connectivity index (χ2n) is 5.85. The van der Waals surface area contributed by atoms with Gasteiger partial charge < -0.3 is 10.3 Å². The number of pyridine rings is 1. The number of hydrogen-bond donors (Lipinski definition) is 2. The van der Waals surface area contributed by atoms with Gasteiger partial charge in [0.2, 0.25) is 0 Å². The van der Waals surface area contributed by atoms with Gasteiger partial charge in [-0.2, -0.15) is 5.26 Å². The van der Waals surface area contributed by atoms with Crippen molar-refractivity contribution in [1.29, 1.82) is 5.26 Å². The minimum absolute atomic E-state index is 0.296. The summed E-state index contributed by atoms with van der Waals surface area (Å²) in [6.07, 6.45) is 0.610. The number of imidazole rings is 1. The maximum Gasteiger partial charge on any atom is 0.127 e. The number of halogens is 2. The monoisotopic (exact) mass is 365 g/mol. The second-order valence-corrected chi connectivity index (χ2v) is 6.29. The van der Waals surface area contributed by atoms with Crippen molar-refractivity contribution in [2.45, 2.75) is 6.42 Å². The minimum atomic E-state index is -0.296. The molecule has 0 radical (unpaired) electrons. The molecule has 0 saturated heterocycles. The predicted molar refractivity (Wildman–Crippen MR) is 99.7 cm³/mol. The van der Waals surface area contributed by atoms with Crippen LogP contribution < -0.4 is 5.32 Å². The number of anilines is 1. The lowest BCUT2D eigenvalue weighted by atomic mass is 10.1. The topological polar surface area (TPSA) is 77.4 Å². The third kappa shape index (κ3) is 3.17. The van der Waals surface area contributed by atoms with E-state index in [1.165, 1.54) is 12.1 Å². The number of benzene rings is 2. The van der Waals surface area contributed by atoms with Crippen LogP contribution in [0.4, 0.5) is 10.2 Å². The third-order valence-electron chi connectivity index (χ3n) is 4.05. The molecule has 0 unspecified atom stereocenters. The first-order valence-corrected chi connectivity index (χ1v) is 8.38. The first kappa shape index (κ1) is 16.3. The van der Waals surface area contributed by atoms with E-state index in [1.807, 2.05) is 0 Å². The van der Waals surface area contributed by atoms with Gasteiger partial charge in [-0.3, -0.25) is 0 Å². The zero-order valence-corrected chi connectivity index (χ0v) is 14.3. The third-order valence-corrected chi connectivity index (χ3v) is 4.29. The molecule has 0 fully saturated rings. The molecule has 7 heteroatoms. The molecule has 2 aromatic carbocycles. The van der Waals surface area contributed by atoms with Crippen LogP contribution in [0.3, 0.4) is 0 Å². The molecular formula is C19H13ClFN5. The summed E-state index contributed by atoms with van der Waals surface area (Å²) in [7, 11) is 0. The fourth-order valence-corrected chi connectivity index (χ4v) is 3.02. The summed E-state index contributed by atoms with van der Waals surface area (Å²) < 4.78 is 13.2. The number of nitrogens with zero attached hydrogens (tertiary/aromatic N) is 3. The average molecular weight is 366 g/mol. The fraction of sp³-hybridized carbons (Fsp3) is 0.105. The Morgan fingerprint density at radius 3 is 2.81 bits per heavy atom. The van der Waals surface area contributed by atoms with Crippen LogP contribution in [0.15, 0.2) is 42.5 Å². The van der Waals surface area contributed by atoms with Gasteiger partial charge >= 0.3 is 0 Å². The van der Waals surface area contributed by atoms with Gasteiger partial charge in [-0.1, -0.05) is 11.6 Å². The Bertz CT molecular complexity index is 1160. The quantitative estimate of drug-likeness (QED) is 0.561. The van der Waals surface area contributed by atoms with E-state index in [-0.39, 0.29) is 5.82 Å². The van der Waals surface area contributed by atoms with Crippen LogP contribution >= 0.6 is 11.6 Å². The molecule has 0 aliphatic rings. The number of aromatic amines is 1. The van der Waals surface area contributed by atoms with Crippen molar-refractivity contribution in [2.24, 2.45) is 0 Å². The van der Waals surface area contributed by atoms with Crippen molar-refractivity contribution >= 4 is 39.4 Å². The summed E-state index contributed by atoms with van der Waals surface area (Å²) in [5.74, 6) is 1.07. The Labute approximate surface area is 153 Å². The summed E-state index contributed by atoms with van der Waals surface area (Å²) in [5, 5.41) is 13.9. The Hall–Kier alpha value is -3.17. The molecule has 0 aliphatic heterocycles. The summed E-state index contributed by atoms with van der Waals surface area (Å²) in [4.78, 5) is 12.0. The summed E-state index contributed by atoms with van der Waals surface area (Å²) in [5.41, 5.74) is 2.62. The maximum absolute atomic E-state index is 13.2. The van der Waals surface area contributed by atoms with Gasteiger partial charge in [-0.25, -0.2) is 14.4 Å². The van der Waals surface area contributed by atoms with Crippen LogP contribution in [0.5, 0.6) is 0 Å².